The minimum absolute atomic E-state index is 0. The Morgan fingerprint density at radius 1 is 0.600 bits per heavy atom. The van der Waals surface area contributed by atoms with Crippen molar-refractivity contribution >= 4 is 46.1 Å². The molecular weight excluding hydrogens is 96.6 g/mol. The van der Waals surface area contributed by atoms with Crippen LogP contribution in [0.2, 0.25) is 0 Å². The molecule has 6 N–H and O–H groups in total. The van der Waals surface area contributed by atoms with Crippen molar-refractivity contribution in [3.05, 3.63) is 0 Å². The Morgan fingerprint density at radius 3 is 0.600 bits per heavy atom. The minimum atomic E-state index is 0. The van der Waals surface area contributed by atoms with E-state index < -0.39 is 0 Å². The summed E-state index contributed by atoms with van der Waals surface area (Å²) in [5, 5.41) is 0. The molecule has 0 saturated carbocycles. The fourth-order valence-corrected chi connectivity index (χ4v) is 0. The minimum Gasteiger partial charge on any atom is -1.00 e. The van der Waals surface area contributed by atoms with Crippen LogP contribution in [0.4, 0.5) is 0 Å². The van der Waals surface area contributed by atoms with Gasteiger partial charge in [-0.05, 0) is 0 Å². The van der Waals surface area contributed by atoms with Crippen LogP contribution in [-0.2, 0) is 0 Å². The van der Waals surface area contributed by atoms with Gasteiger partial charge in [0.1, 0.15) is 0 Å². The molecule has 0 aliphatic carbocycles. The van der Waals surface area contributed by atoms with Gasteiger partial charge in [0.05, 0.1) is 0 Å². The molecule has 0 aromatic carbocycles. The zero-order chi connectivity index (χ0) is 0. The van der Waals surface area contributed by atoms with E-state index in [1.807, 2.05) is 0 Å². The second-order valence-electron chi connectivity index (χ2n) is 0. The summed E-state index contributed by atoms with van der Waals surface area (Å²) >= 11 is 0. The van der Waals surface area contributed by atoms with Crippen LogP contribution in [0.3, 0.4) is 0 Å². The summed E-state index contributed by atoms with van der Waals surface area (Å²) < 4.78 is 0. The van der Waals surface area contributed by atoms with E-state index in [2.05, 4.69) is 0 Å². The molecule has 5 heteroatoms. The normalized spacial score (nSPS) is 0. The van der Waals surface area contributed by atoms with Crippen LogP contribution >= 0.6 is 0 Å². The Morgan fingerprint density at radius 2 is 0.600 bits per heavy atom. The first kappa shape index (κ1) is 94.2. The van der Waals surface area contributed by atoms with Gasteiger partial charge in [-0.2, -0.15) is 0 Å². The summed E-state index contributed by atoms with van der Waals surface area (Å²) in [5.74, 6) is 0. The van der Waals surface area contributed by atoms with E-state index in [-0.39, 0.29) is 68.2 Å². The standard InChI is InChI=1S/2Mg.3H2O.4H/h;;3*1H2;;;;/q2*+2;;;;4*-1. The van der Waals surface area contributed by atoms with Gasteiger partial charge in [-0.3, -0.25) is 0 Å². The van der Waals surface area contributed by atoms with Crippen molar-refractivity contribution in [2.75, 3.05) is 0 Å². The van der Waals surface area contributed by atoms with Crippen LogP contribution in [0.15, 0.2) is 0 Å². The van der Waals surface area contributed by atoms with Gasteiger partial charge in [-0.15, -0.1) is 0 Å². The topological polar surface area (TPSA) is 94.5 Å². The molecule has 0 spiro atoms. The van der Waals surface area contributed by atoms with E-state index in [9.17, 15) is 0 Å². The molecule has 0 amide bonds. The predicted octanol–water partition coefficient (Wildman–Crippen LogP) is -2.79. The first-order chi connectivity index (χ1) is 0. The molecule has 0 fully saturated rings. The zero-order valence-electron chi connectivity index (χ0n) is 6.91. The molecule has 0 aliphatic rings. The largest absolute Gasteiger partial charge is 2.00 e. The molecule has 0 heterocycles. The van der Waals surface area contributed by atoms with Crippen LogP contribution in [0.25, 0.3) is 0 Å². The number of hydrogen-bond donors (Lipinski definition) is 0. The van der Waals surface area contributed by atoms with Gasteiger partial charge >= 0.3 is 46.1 Å². The molecule has 0 bridgehead atoms. The van der Waals surface area contributed by atoms with Crippen molar-refractivity contribution in [3.63, 3.8) is 0 Å². The van der Waals surface area contributed by atoms with Gasteiger partial charge < -0.3 is 22.1 Å². The third-order valence-electron chi connectivity index (χ3n) is 0. The second kappa shape index (κ2) is 52.8. The monoisotopic (exact) mass is 106 g/mol. The van der Waals surface area contributed by atoms with Gasteiger partial charge in [0.25, 0.3) is 0 Å². The van der Waals surface area contributed by atoms with E-state index in [0.717, 1.165) is 0 Å². The molecule has 0 aliphatic heterocycles. The number of hydrogen-bond acceptors (Lipinski definition) is 0. The molecule has 3 nitrogen and oxygen atoms in total. The van der Waals surface area contributed by atoms with Crippen molar-refractivity contribution in [2.24, 2.45) is 0 Å². The molecule has 5 heavy (non-hydrogen) atoms. The Hall–Kier alpha value is 1.41. The van der Waals surface area contributed by atoms with E-state index in [1.165, 1.54) is 0 Å². The first-order valence-electron chi connectivity index (χ1n) is 0. The van der Waals surface area contributed by atoms with E-state index >= 15 is 0 Å². The average Bonchev–Trinajstić information content (AvgIpc) is 0. The van der Waals surface area contributed by atoms with Gasteiger partial charge in [-0.1, -0.05) is 0 Å². The fraction of sp³-hybridized carbons (Fsp3) is 0. The molecule has 0 saturated heterocycles. The maximum Gasteiger partial charge on any atom is 2.00 e. The quantitative estimate of drug-likeness (QED) is 0.299. The summed E-state index contributed by atoms with van der Waals surface area (Å²) in [4.78, 5) is 0. The average molecular weight is 107 g/mol. The molecule has 32 valence electrons. The van der Waals surface area contributed by atoms with Gasteiger partial charge in [0.15, 0.2) is 0 Å². The molecule has 0 unspecified atom stereocenters. The van der Waals surface area contributed by atoms with E-state index in [4.69, 9.17) is 0 Å². The van der Waals surface area contributed by atoms with Crippen LogP contribution in [-0.4, -0.2) is 62.5 Å². The summed E-state index contributed by atoms with van der Waals surface area (Å²) in [6, 6.07) is 0. The zero-order valence-corrected chi connectivity index (χ0v) is 5.74. The Balaban J connectivity index is 0. The molecule has 0 aromatic rings. The summed E-state index contributed by atoms with van der Waals surface area (Å²) in [5.41, 5.74) is 0. The fourth-order valence-electron chi connectivity index (χ4n) is 0. The van der Waals surface area contributed by atoms with E-state index in [1.54, 1.807) is 0 Å². The third-order valence-corrected chi connectivity index (χ3v) is 0. The van der Waals surface area contributed by atoms with Crippen molar-refractivity contribution in [3.8, 4) is 0 Å². The van der Waals surface area contributed by atoms with Gasteiger partial charge in [0.2, 0.25) is 0 Å². The number of rotatable bonds is 0. The van der Waals surface area contributed by atoms with Crippen LogP contribution < -0.4 is 0 Å². The van der Waals surface area contributed by atoms with Gasteiger partial charge in [0, 0.05) is 0 Å². The molecule has 0 aromatic heterocycles. The SMILES string of the molecule is O.O.O.[H-].[H-].[H-].[H-].[Mg+2].[Mg+2]. The molecular formula is H10Mg2O3. The molecule has 0 radical (unpaired) electrons. The van der Waals surface area contributed by atoms with Crippen LogP contribution in [0.5, 0.6) is 0 Å². The van der Waals surface area contributed by atoms with Crippen molar-refractivity contribution in [1.82, 2.24) is 0 Å². The third kappa shape index (κ3) is 31.6. The van der Waals surface area contributed by atoms with Crippen molar-refractivity contribution in [2.45, 2.75) is 0 Å². The predicted molar refractivity (Wildman–Crippen MR) is 26.8 cm³/mol. The summed E-state index contributed by atoms with van der Waals surface area (Å²) in [6.45, 7) is 0. The summed E-state index contributed by atoms with van der Waals surface area (Å²) in [6.07, 6.45) is 0. The van der Waals surface area contributed by atoms with E-state index in [0.29, 0.717) is 0 Å². The van der Waals surface area contributed by atoms with Gasteiger partial charge in [-0.25, -0.2) is 0 Å². The Labute approximate surface area is 68.3 Å². The van der Waals surface area contributed by atoms with Crippen LogP contribution in [0, 0.1) is 0 Å². The Kier molecular flexibility index (Phi) is 995. The molecule has 0 rings (SSSR count). The van der Waals surface area contributed by atoms with Crippen molar-refractivity contribution in [1.29, 1.82) is 0 Å². The second-order valence-corrected chi connectivity index (χ2v) is 0. The van der Waals surface area contributed by atoms with Crippen LogP contribution in [0.1, 0.15) is 5.71 Å². The van der Waals surface area contributed by atoms with Crippen molar-refractivity contribution < 1.29 is 22.1 Å². The maximum absolute atomic E-state index is 0. The summed E-state index contributed by atoms with van der Waals surface area (Å²) in [7, 11) is 0. The maximum atomic E-state index is 0. The molecule has 0 atom stereocenters. The Bertz CT molecular complexity index is 13.8. The first-order valence-corrected chi connectivity index (χ1v) is 0. The smallest absolute Gasteiger partial charge is 1.00 e.